The molecular formula is C23H14F5N3O2. The van der Waals surface area contributed by atoms with Crippen LogP contribution in [0.15, 0.2) is 71.5 Å². The van der Waals surface area contributed by atoms with Gasteiger partial charge in [-0.15, -0.1) is 0 Å². The number of benzene rings is 3. The lowest BCUT2D eigenvalue weighted by molar-refractivity contribution is -0.137. The second-order valence-corrected chi connectivity index (χ2v) is 7.07. The molecule has 1 aromatic heterocycles. The van der Waals surface area contributed by atoms with Gasteiger partial charge in [-0.3, -0.25) is 14.2 Å². The summed E-state index contributed by atoms with van der Waals surface area (Å²) in [5, 5.41) is 2.40. The Morgan fingerprint density at radius 1 is 0.939 bits per heavy atom. The van der Waals surface area contributed by atoms with Gasteiger partial charge in [-0.05, 0) is 48.0 Å². The quantitative estimate of drug-likeness (QED) is 0.454. The second kappa shape index (κ2) is 8.45. The summed E-state index contributed by atoms with van der Waals surface area (Å²) in [7, 11) is 0. The van der Waals surface area contributed by atoms with Crippen LogP contribution in [-0.2, 0) is 12.7 Å². The van der Waals surface area contributed by atoms with Crippen molar-refractivity contribution in [2.24, 2.45) is 0 Å². The Kier molecular flexibility index (Phi) is 5.67. The first-order valence-corrected chi connectivity index (χ1v) is 9.57. The number of amides is 1. The molecule has 168 valence electrons. The molecule has 1 amide bonds. The molecule has 0 fully saturated rings. The average Bonchev–Trinajstić information content (AvgIpc) is 2.78. The van der Waals surface area contributed by atoms with Gasteiger partial charge in [0.05, 0.1) is 16.6 Å². The monoisotopic (exact) mass is 459 g/mol. The summed E-state index contributed by atoms with van der Waals surface area (Å²) in [6.45, 7) is -0.229. The predicted molar refractivity (Wildman–Crippen MR) is 110 cm³/mol. The van der Waals surface area contributed by atoms with Crippen LogP contribution in [0.25, 0.3) is 16.7 Å². The van der Waals surface area contributed by atoms with Crippen LogP contribution in [0.3, 0.4) is 0 Å². The second-order valence-electron chi connectivity index (χ2n) is 7.07. The van der Waals surface area contributed by atoms with Gasteiger partial charge in [-0.1, -0.05) is 24.3 Å². The van der Waals surface area contributed by atoms with E-state index in [1.807, 2.05) is 0 Å². The predicted octanol–water partition coefficient (Wildman–Crippen LogP) is 4.61. The van der Waals surface area contributed by atoms with Crippen LogP contribution in [0.2, 0.25) is 0 Å². The van der Waals surface area contributed by atoms with E-state index in [1.165, 1.54) is 24.3 Å². The minimum atomic E-state index is -4.63. The Balaban J connectivity index is 1.78. The number of hydrogen-bond donors (Lipinski definition) is 1. The summed E-state index contributed by atoms with van der Waals surface area (Å²) in [6, 6.07) is 13.4. The summed E-state index contributed by atoms with van der Waals surface area (Å²) in [5.74, 6) is -3.07. The zero-order valence-corrected chi connectivity index (χ0v) is 16.7. The number of fused-ring (bicyclic) bond motifs is 1. The molecule has 0 saturated carbocycles. The Bertz CT molecular complexity index is 1430. The van der Waals surface area contributed by atoms with Gasteiger partial charge < -0.3 is 5.32 Å². The highest BCUT2D eigenvalue weighted by Gasteiger charge is 2.31. The van der Waals surface area contributed by atoms with E-state index in [2.05, 4.69) is 10.3 Å². The van der Waals surface area contributed by atoms with Crippen LogP contribution >= 0.6 is 0 Å². The molecule has 5 nitrogen and oxygen atoms in total. The van der Waals surface area contributed by atoms with Crippen molar-refractivity contribution in [1.82, 2.24) is 14.9 Å². The molecule has 10 heteroatoms. The summed E-state index contributed by atoms with van der Waals surface area (Å²) in [4.78, 5) is 29.9. The molecule has 1 heterocycles. The molecule has 0 radical (unpaired) electrons. The van der Waals surface area contributed by atoms with E-state index < -0.39 is 40.5 Å². The van der Waals surface area contributed by atoms with E-state index >= 15 is 0 Å². The van der Waals surface area contributed by atoms with Crippen LogP contribution in [0.1, 0.15) is 21.6 Å². The zero-order chi connectivity index (χ0) is 23.8. The Morgan fingerprint density at radius 2 is 1.70 bits per heavy atom. The molecule has 0 saturated heterocycles. The topological polar surface area (TPSA) is 64.0 Å². The molecule has 0 unspecified atom stereocenters. The molecule has 33 heavy (non-hydrogen) atoms. The molecular weight excluding hydrogens is 445 g/mol. The van der Waals surface area contributed by atoms with Gasteiger partial charge in [-0.2, -0.15) is 13.2 Å². The van der Waals surface area contributed by atoms with E-state index in [1.54, 1.807) is 12.1 Å². The first-order chi connectivity index (χ1) is 15.6. The third kappa shape index (κ3) is 4.45. The van der Waals surface area contributed by atoms with Gasteiger partial charge >= 0.3 is 6.18 Å². The van der Waals surface area contributed by atoms with Gasteiger partial charge in [0.1, 0.15) is 0 Å². The fourth-order valence-corrected chi connectivity index (χ4v) is 3.27. The molecule has 3 aromatic carbocycles. The number of rotatable bonds is 4. The van der Waals surface area contributed by atoms with Crippen molar-refractivity contribution >= 4 is 16.9 Å². The van der Waals surface area contributed by atoms with Crippen molar-refractivity contribution in [3.63, 3.8) is 0 Å². The molecule has 4 rings (SSSR count). The lowest BCUT2D eigenvalue weighted by Crippen LogP contribution is -2.34. The first kappa shape index (κ1) is 22.1. The molecule has 0 aliphatic rings. The van der Waals surface area contributed by atoms with Crippen LogP contribution in [0.5, 0.6) is 0 Å². The average molecular weight is 459 g/mol. The van der Waals surface area contributed by atoms with Crippen molar-refractivity contribution in [2.75, 3.05) is 0 Å². The maximum atomic E-state index is 13.4. The zero-order valence-electron chi connectivity index (χ0n) is 16.7. The number of nitrogens with zero attached hydrogens (tertiary/aromatic N) is 2. The van der Waals surface area contributed by atoms with Gasteiger partial charge in [0.2, 0.25) is 0 Å². The summed E-state index contributed by atoms with van der Waals surface area (Å²) in [5.41, 5.74) is -1.91. The molecule has 0 bridgehead atoms. The molecule has 0 aliphatic carbocycles. The molecule has 1 N–H and O–H groups in total. The highest BCUT2D eigenvalue weighted by atomic mass is 19.4. The third-order valence-electron chi connectivity index (χ3n) is 4.84. The fourth-order valence-electron chi connectivity index (χ4n) is 3.27. The Morgan fingerprint density at radius 3 is 2.42 bits per heavy atom. The number of nitrogens with one attached hydrogen (secondary N) is 1. The van der Waals surface area contributed by atoms with Gasteiger partial charge in [0.15, 0.2) is 17.3 Å². The van der Waals surface area contributed by atoms with Crippen molar-refractivity contribution < 1.29 is 26.7 Å². The number of hydrogen-bond acceptors (Lipinski definition) is 3. The van der Waals surface area contributed by atoms with Crippen molar-refractivity contribution in [3.05, 3.63) is 106 Å². The molecule has 4 aromatic rings. The highest BCUT2D eigenvalue weighted by molar-refractivity contribution is 5.94. The first-order valence-electron chi connectivity index (χ1n) is 9.57. The third-order valence-corrected chi connectivity index (χ3v) is 4.84. The van der Waals surface area contributed by atoms with Crippen molar-refractivity contribution in [1.29, 1.82) is 0 Å². The summed E-state index contributed by atoms with van der Waals surface area (Å²) < 4.78 is 67.1. The van der Waals surface area contributed by atoms with Gasteiger partial charge in [0, 0.05) is 12.2 Å². The highest BCUT2D eigenvalue weighted by Crippen LogP contribution is 2.30. The maximum Gasteiger partial charge on any atom is 0.416 e. The fraction of sp³-hybridized carbons (Fsp3) is 0.0870. The smallest absolute Gasteiger partial charge is 0.346 e. The van der Waals surface area contributed by atoms with E-state index in [4.69, 9.17) is 0 Å². The van der Waals surface area contributed by atoms with Crippen molar-refractivity contribution in [2.45, 2.75) is 12.7 Å². The largest absolute Gasteiger partial charge is 0.416 e. The lowest BCUT2D eigenvalue weighted by atomic mass is 10.1. The number of para-hydroxylation sites is 2. The number of aromatic nitrogens is 2. The van der Waals surface area contributed by atoms with E-state index in [0.717, 1.165) is 34.9 Å². The van der Waals surface area contributed by atoms with Crippen molar-refractivity contribution in [3.8, 4) is 5.69 Å². The van der Waals surface area contributed by atoms with Gasteiger partial charge in [0.25, 0.3) is 11.5 Å². The minimum absolute atomic E-state index is 0.0944. The lowest BCUT2D eigenvalue weighted by Gasteiger charge is -2.14. The SMILES string of the molecule is O=C(NCc1ccc(F)c(F)c1)c1nc2ccccc2n(-c2cccc(C(F)(F)F)c2)c1=O. The number of halogens is 5. The minimum Gasteiger partial charge on any atom is -0.346 e. The molecule has 0 spiro atoms. The Hall–Kier alpha value is -4.08. The van der Waals surface area contributed by atoms with Crippen LogP contribution in [-0.4, -0.2) is 15.5 Å². The van der Waals surface area contributed by atoms with E-state index in [9.17, 15) is 31.5 Å². The summed E-state index contributed by atoms with van der Waals surface area (Å²) >= 11 is 0. The van der Waals surface area contributed by atoms with Crippen LogP contribution in [0.4, 0.5) is 22.0 Å². The maximum absolute atomic E-state index is 13.4. The number of alkyl halides is 3. The molecule has 0 aliphatic heterocycles. The normalized spacial score (nSPS) is 11.5. The van der Waals surface area contributed by atoms with E-state index in [0.29, 0.717) is 0 Å². The van der Waals surface area contributed by atoms with Gasteiger partial charge in [-0.25, -0.2) is 13.8 Å². The van der Waals surface area contributed by atoms with Crippen LogP contribution < -0.4 is 10.9 Å². The number of carbonyl (C=O) groups excluding carboxylic acids is 1. The van der Waals surface area contributed by atoms with E-state index in [-0.39, 0.29) is 28.8 Å². The number of carbonyl (C=O) groups is 1. The van der Waals surface area contributed by atoms with Crippen LogP contribution in [0, 0.1) is 11.6 Å². The standard InChI is InChI=1S/C23H14F5N3O2/c24-16-9-8-13(10-17(16)25)12-29-21(32)20-22(33)31(19-7-2-1-6-18(19)30-20)15-5-3-4-14(11-15)23(26,27)28/h1-11H,12H2,(H,29,32). The Labute approximate surface area is 183 Å². The molecule has 0 atom stereocenters. The summed E-state index contributed by atoms with van der Waals surface area (Å²) in [6.07, 6.45) is -4.63.